The number of halogens is 3. The number of hydrogen-bond donors (Lipinski definition) is 2. The largest absolute Gasteiger partial charge is 0.481 e. The van der Waals surface area contributed by atoms with E-state index in [0.717, 1.165) is 18.9 Å². The maximum atomic E-state index is 13.0. The molecule has 1 saturated carbocycles. The molecule has 2 heterocycles. The molecule has 0 saturated heterocycles. The summed E-state index contributed by atoms with van der Waals surface area (Å²) >= 11 is 0. The Morgan fingerprint density at radius 1 is 1.11 bits per heavy atom. The van der Waals surface area contributed by atoms with Crippen LogP contribution in [0.2, 0.25) is 0 Å². The van der Waals surface area contributed by atoms with Crippen LogP contribution >= 0.6 is 0 Å². The minimum absolute atomic E-state index is 0.0179. The molecule has 3 aromatic rings. The molecule has 0 bridgehead atoms. The number of ether oxygens (including phenoxy) is 2. The standard InChI is InChI=1S/C22H23F3N6O5S/c1-35-20-12-18(27-21(28-20)36-2)30-37(33,34)15-7-5-14(6-8-15)26-19(32)9-10-31-16(13-3-4-13)11-17(29-31)22(23,24)25/h5-8,11-13H,3-4,9-10H2,1-2H3,(H,26,32)(H,27,28,30). The second-order valence-corrected chi connectivity index (χ2v) is 9.84. The van der Waals surface area contributed by atoms with Crippen molar-refractivity contribution >= 4 is 27.4 Å². The third kappa shape index (κ3) is 6.47. The fraction of sp³-hybridized carbons (Fsp3) is 0.364. The number of carbonyl (C=O) groups excluding carboxylic acids is 1. The number of hydrogen-bond acceptors (Lipinski definition) is 8. The van der Waals surface area contributed by atoms with Crippen molar-refractivity contribution in [1.29, 1.82) is 0 Å². The number of aromatic nitrogens is 4. The molecule has 2 aromatic heterocycles. The molecule has 15 heteroatoms. The number of methoxy groups -OCH3 is 2. The van der Waals surface area contributed by atoms with Gasteiger partial charge in [-0.2, -0.15) is 28.2 Å². The highest BCUT2D eigenvalue weighted by atomic mass is 32.2. The molecule has 1 fully saturated rings. The van der Waals surface area contributed by atoms with E-state index in [2.05, 4.69) is 25.1 Å². The van der Waals surface area contributed by atoms with E-state index in [0.29, 0.717) is 11.4 Å². The summed E-state index contributed by atoms with van der Waals surface area (Å²) in [5, 5.41) is 6.23. The first-order valence-electron chi connectivity index (χ1n) is 11.0. The van der Waals surface area contributed by atoms with Crippen LogP contribution in [0.5, 0.6) is 11.9 Å². The molecule has 1 aliphatic carbocycles. The highest BCUT2D eigenvalue weighted by molar-refractivity contribution is 7.92. The van der Waals surface area contributed by atoms with Gasteiger partial charge in [0.2, 0.25) is 11.8 Å². The average Bonchev–Trinajstić information content (AvgIpc) is 3.60. The number of sulfonamides is 1. The van der Waals surface area contributed by atoms with Gasteiger partial charge in [-0.3, -0.25) is 14.2 Å². The lowest BCUT2D eigenvalue weighted by Gasteiger charge is -2.11. The van der Waals surface area contributed by atoms with Crippen molar-refractivity contribution in [2.24, 2.45) is 0 Å². The lowest BCUT2D eigenvalue weighted by molar-refractivity contribution is -0.141. The van der Waals surface area contributed by atoms with Gasteiger partial charge in [0, 0.05) is 36.3 Å². The first kappa shape index (κ1) is 26.2. The molecular weight excluding hydrogens is 517 g/mol. The third-order valence-electron chi connectivity index (χ3n) is 5.41. The van der Waals surface area contributed by atoms with E-state index in [9.17, 15) is 26.4 Å². The number of benzene rings is 1. The lowest BCUT2D eigenvalue weighted by Crippen LogP contribution is -2.17. The Bertz CT molecular complexity index is 1370. The molecule has 1 amide bonds. The Labute approximate surface area is 210 Å². The average molecular weight is 541 g/mol. The zero-order valence-corrected chi connectivity index (χ0v) is 20.6. The first-order valence-corrected chi connectivity index (χ1v) is 12.5. The van der Waals surface area contributed by atoms with Gasteiger partial charge in [-0.25, -0.2) is 8.42 Å². The monoisotopic (exact) mass is 540 g/mol. The Kier molecular flexibility index (Phi) is 7.25. The predicted octanol–water partition coefficient (Wildman–Crippen LogP) is 3.42. The van der Waals surface area contributed by atoms with E-state index in [-0.39, 0.29) is 41.5 Å². The van der Waals surface area contributed by atoms with Crippen molar-refractivity contribution in [1.82, 2.24) is 19.7 Å². The molecule has 1 aliphatic rings. The quantitative estimate of drug-likeness (QED) is 0.399. The van der Waals surface area contributed by atoms with Gasteiger partial charge in [0.25, 0.3) is 10.0 Å². The molecule has 2 N–H and O–H groups in total. The molecule has 0 radical (unpaired) electrons. The van der Waals surface area contributed by atoms with Gasteiger partial charge in [0.05, 0.1) is 19.1 Å². The van der Waals surface area contributed by atoms with Crippen LogP contribution in [-0.2, 0) is 27.5 Å². The van der Waals surface area contributed by atoms with Gasteiger partial charge < -0.3 is 14.8 Å². The summed E-state index contributed by atoms with van der Waals surface area (Å²) < 4.78 is 78.0. The van der Waals surface area contributed by atoms with Gasteiger partial charge in [-0.15, -0.1) is 0 Å². The molecule has 198 valence electrons. The number of amides is 1. The van der Waals surface area contributed by atoms with Crippen LogP contribution in [0.4, 0.5) is 24.7 Å². The van der Waals surface area contributed by atoms with Crippen molar-refractivity contribution in [3.63, 3.8) is 0 Å². The molecule has 4 rings (SSSR count). The van der Waals surface area contributed by atoms with Crippen LogP contribution in [0, 0.1) is 0 Å². The number of nitrogens with one attached hydrogen (secondary N) is 2. The molecule has 0 aliphatic heterocycles. The van der Waals surface area contributed by atoms with E-state index in [1.165, 1.54) is 49.2 Å². The molecule has 0 unspecified atom stereocenters. The summed E-state index contributed by atoms with van der Waals surface area (Å²) in [7, 11) is -1.36. The Hall–Kier alpha value is -3.88. The summed E-state index contributed by atoms with van der Waals surface area (Å²) in [6.45, 7) is -0.0179. The first-order chi connectivity index (χ1) is 17.5. The van der Waals surface area contributed by atoms with Gasteiger partial charge in [0.15, 0.2) is 11.5 Å². The van der Waals surface area contributed by atoms with Crippen molar-refractivity contribution < 1.29 is 35.9 Å². The fourth-order valence-corrected chi connectivity index (χ4v) is 4.45. The van der Waals surface area contributed by atoms with Gasteiger partial charge in [-0.1, -0.05) is 0 Å². The Balaban J connectivity index is 1.38. The zero-order chi connectivity index (χ0) is 26.8. The maximum Gasteiger partial charge on any atom is 0.435 e. The number of carbonyl (C=O) groups is 1. The number of rotatable bonds is 10. The van der Waals surface area contributed by atoms with Crippen molar-refractivity contribution in [3.8, 4) is 11.9 Å². The highest BCUT2D eigenvalue weighted by Gasteiger charge is 2.37. The minimum Gasteiger partial charge on any atom is -0.481 e. The Morgan fingerprint density at radius 2 is 1.81 bits per heavy atom. The highest BCUT2D eigenvalue weighted by Crippen LogP contribution is 2.42. The molecule has 37 heavy (non-hydrogen) atoms. The van der Waals surface area contributed by atoms with E-state index in [1.807, 2.05) is 0 Å². The lowest BCUT2D eigenvalue weighted by atomic mass is 10.2. The van der Waals surface area contributed by atoms with Gasteiger partial charge >= 0.3 is 12.2 Å². The van der Waals surface area contributed by atoms with Crippen LogP contribution < -0.4 is 19.5 Å². The Morgan fingerprint density at radius 3 is 2.41 bits per heavy atom. The van der Waals surface area contributed by atoms with Gasteiger partial charge in [0.1, 0.15) is 0 Å². The van der Waals surface area contributed by atoms with Gasteiger partial charge in [-0.05, 0) is 43.2 Å². The fourth-order valence-electron chi connectivity index (χ4n) is 3.45. The van der Waals surface area contributed by atoms with Crippen LogP contribution in [-0.4, -0.2) is 48.3 Å². The van der Waals surface area contributed by atoms with E-state index >= 15 is 0 Å². The van der Waals surface area contributed by atoms with Crippen LogP contribution in [0.1, 0.15) is 36.6 Å². The third-order valence-corrected chi connectivity index (χ3v) is 6.78. The second kappa shape index (κ2) is 10.2. The van der Waals surface area contributed by atoms with E-state index in [4.69, 9.17) is 9.47 Å². The zero-order valence-electron chi connectivity index (χ0n) is 19.7. The summed E-state index contributed by atoms with van der Waals surface area (Å²) in [6, 6.07) is 7.56. The number of anilines is 2. The summed E-state index contributed by atoms with van der Waals surface area (Å²) in [5.41, 5.74) is -0.187. The number of aryl methyl sites for hydroxylation is 1. The second-order valence-electron chi connectivity index (χ2n) is 8.16. The normalized spacial score (nSPS) is 13.8. The van der Waals surface area contributed by atoms with Crippen LogP contribution in [0.3, 0.4) is 0 Å². The molecule has 0 atom stereocenters. The van der Waals surface area contributed by atoms with Crippen molar-refractivity contribution in [3.05, 3.63) is 47.8 Å². The number of nitrogens with zero attached hydrogens (tertiary/aromatic N) is 4. The van der Waals surface area contributed by atoms with Crippen molar-refractivity contribution in [2.45, 2.75) is 42.8 Å². The molecule has 1 aromatic carbocycles. The molecular formula is C22H23F3N6O5S. The predicted molar refractivity (Wildman–Crippen MR) is 125 cm³/mol. The topological polar surface area (TPSA) is 137 Å². The maximum absolute atomic E-state index is 13.0. The summed E-state index contributed by atoms with van der Waals surface area (Å²) in [5.74, 6) is -0.408. The van der Waals surface area contributed by atoms with Crippen LogP contribution in [0.25, 0.3) is 0 Å². The summed E-state index contributed by atoms with van der Waals surface area (Å²) in [6.07, 6.45) is -3.09. The molecule has 11 nitrogen and oxygen atoms in total. The number of alkyl halides is 3. The minimum atomic E-state index is -4.56. The SMILES string of the molecule is COc1cc(NS(=O)(=O)c2ccc(NC(=O)CCn3nc(C(F)(F)F)cc3C3CC3)cc2)nc(OC)n1. The van der Waals surface area contributed by atoms with E-state index < -0.39 is 27.8 Å². The summed E-state index contributed by atoms with van der Waals surface area (Å²) in [4.78, 5) is 20.1. The molecule has 0 spiro atoms. The van der Waals surface area contributed by atoms with Crippen LogP contribution in [0.15, 0.2) is 41.3 Å². The van der Waals surface area contributed by atoms with Crippen molar-refractivity contribution in [2.75, 3.05) is 24.3 Å². The smallest absolute Gasteiger partial charge is 0.435 e. The van der Waals surface area contributed by atoms with E-state index in [1.54, 1.807) is 0 Å².